The number of aryl methyl sites for hydroxylation is 1. The largest absolute Gasteiger partial charge is 0.321 e. The van der Waals surface area contributed by atoms with Crippen LogP contribution in [0.15, 0.2) is 65.8 Å². The number of hydrogen-bond acceptors (Lipinski definition) is 4. The van der Waals surface area contributed by atoms with Crippen molar-refractivity contribution < 1.29 is 9.59 Å². The third-order valence-electron chi connectivity index (χ3n) is 5.81. The summed E-state index contributed by atoms with van der Waals surface area (Å²) in [6, 6.07) is 18.7. The summed E-state index contributed by atoms with van der Waals surface area (Å²) in [4.78, 5) is 35.3. The number of nitrogens with zero attached hydrogens (tertiary/aromatic N) is 6. The maximum absolute atomic E-state index is 13.4. The molecule has 2 atom stereocenters. The molecule has 2 aromatic carbocycles. The second kappa shape index (κ2) is 7.17. The maximum Gasteiger partial charge on any atom is 0.243 e. The lowest BCUT2D eigenvalue weighted by Gasteiger charge is -2.23. The zero-order valence-electron chi connectivity index (χ0n) is 16.0. The third kappa shape index (κ3) is 2.77. The Hall–Kier alpha value is -3.90. The number of amides is 2. The number of imide groups is 1. The first-order chi connectivity index (χ1) is 14.7. The van der Waals surface area contributed by atoms with Gasteiger partial charge in [0.05, 0.1) is 28.9 Å². The van der Waals surface area contributed by atoms with E-state index in [2.05, 4.69) is 15.0 Å². The van der Waals surface area contributed by atoms with Gasteiger partial charge in [-0.05, 0) is 41.2 Å². The molecule has 0 unspecified atom stereocenters. The third-order valence-corrected chi connectivity index (χ3v) is 5.81. The molecule has 2 amide bonds. The van der Waals surface area contributed by atoms with E-state index in [1.165, 1.54) is 4.90 Å². The van der Waals surface area contributed by atoms with Gasteiger partial charge in [-0.2, -0.15) is 0 Å². The second-order valence-corrected chi connectivity index (χ2v) is 7.48. The Morgan fingerprint density at radius 1 is 1.03 bits per heavy atom. The molecule has 30 heavy (non-hydrogen) atoms. The molecule has 1 aliphatic carbocycles. The van der Waals surface area contributed by atoms with Gasteiger partial charge >= 0.3 is 0 Å². The van der Waals surface area contributed by atoms with Gasteiger partial charge in [0.25, 0.3) is 0 Å². The highest BCUT2D eigenvalue weighted by Crippen LogP contribution is 2.45. The van der Waals surface area contributed by atoms with Crippen LogP contribution in [0.5, 0.6) is 0 Å². The molecule has 148 valence electrons. The number of imidazole rings is 1. The molecule has 1 aliphatic heterocycles. The number of para-hydroxylation sites is 1. The molecular weight excluding hydrogens is 380 g/mol. The standard InChI is InChI=1S/C22H18N6O2/c23-26-25-22-24-17-12-11-16-18(19(17)27(22)13-14-7-3-1-4-8-14)21(30)28(20(16)29)15-9-5-2-6-10-15/h1-10,16,18H,11-13H2/t16-,18-/m1/s1. The Labute approximate surface area is 172 Å². The smallest absolute Gasteiger partial charge is 0.243 e. The average molecular weight is 398 g/mol. The van der Waals surface area contributed by atoms with Crippen molar-refractivity contribution in [3.05, 3.63) is 88.1 Å². The molecule has 2 heterocycles. The Morgan fingerprint density at radius 3 is 2.43 bits per heavy atom. The van der Waals surface area contributed by atoms with E-state index in [4.69, 9.17) is 5.53 Å². The van der Waals surface area contributed by atoms with Crippen LogP contribution in [0.25, 0.3) is 10.4 Å². The summed E-state index contributed by atoms with van der Waals surface area (Å²) < 4.78 is 1.79. The van der Waals surface area contributed by atoms with Crippen LogP contribution in [0, 0.1) is 5.92 Å². The molecule has 3 aromatic rings. The molecule has 0 bridgehead atoms. The van der Waals surface area contributed by atoms with Gasteiger partial charge in [-0.3, -0.25) is 9.59 Å². The number of carbonyl (C=O) groups excluding carboxylic acids is 2. The van der Waals surface area contributed by atoms with Crippen LogP contribution >= 0.6 is 0 Å². The fraction of sp³-hybridized carbons (Fsp3) is 0.227. The molecule has 1 fully saturated rings. The number of azide groups is 1. The Morgan fingerprint density at radius 2 is 1.73 bits per heavy atom. The van der Waals surface area contributed by atoms with E-state index in [0.717, 1.165) is 11.3 Å². The summed E-state index contributed by atoms with van der Waals surface area (Å²) in [6.45, 7) is 0.410. The van der Waals surface area contributed by atoms with E-state index in [1.807, 2.05) is 48.5 Å². The second-order valence-electron chi connectivity index (χ2n) is 7.48. The van der Waals surface area contributed by atoms with Crippen LogP contribution in [0.1, 0.15) is 29.3 Å². The van der Waals surface area contributed by atoms with Crippen LogP contribution < -0.4 is 4.90 Å². The SMILES string of the molecule is [N-]=[N+]=Nc1nc2c(n1Cc1ccccc1)[C@@H]1C(=O)N(c3ccccc3)C(=O)[C@@H]1CC2. The van der Waals surface area contributed by atoms with E-state index >= 15 is 0 Å². The van der Waals surface area contributed by atoms with Gasteiger partial charge in [0.1, 0.15) is 0 Å². The van der Waals surface area contributed by atoms with Gasteiger partial charge in [-0.25, -0.2) is 9.88 Å². The summed E-state index contributed by atoms with van der Waals surface area (Å²) in [5.74, 6) is -1.26. The van der Waals surface area contributed by atoms with Crippen molar-refractivity contribution in [3.63, 3.8) is 0 Å². The molecule has 0 saturated carbocycles. The van der Waals surface area contributed by atoms with E-state index in [0.29, 0.717) is 30.8 Å². The van der Waals surface area contributed by atoms with Gasteiger partial charge < -0.3 is 4.57 Å². The fourth-order valence-electron chi connectivity index (χ4n) is 4.52. The molecule has 0 N–H and O–H groups in total. The Kier molecular flexibility index (Phi) is 4.34. The number of aromatic nitrogens is 2. The molecule has 0 spiro atoms. The number of hydrogen-bond donors (Lipinski definition) is 0. The number of anilines is 1. The minimum absolute atomic E-state index is 0.181. The van der Waals surface area contributed by atoms with Crippen LogP contribution in [-0.2, 0) is 22.6 Å². The quantitative estimate of drug-likeness (QED) is 0.286. The van der Waals surface area contributed by atoms with Crippen molar-refractivity contribution in [2.45, 2.75) is 25.3 Å². The number of carbonyl (C=O) groups is 2. The summed E-state index contributed by atoms with van der Waals surface area (Å²) in [7, 11) is 0. The van der Waals surface area contributed by atoms with E-state index < -0.39 is 11.8 Å². The van der Waals surface area contributed by atoms with Crippen molar-refractivity contribution >= 4 is 23.5 Å². The van der Waals surface area contributed by atoms with E-state index in [1.54, 1.807) is 16.7 Å². The Balaban J connectivity index is 1.63. The summed E-state index contributed by atoms with van der Waals surface area (Å²) in [5, 5.41) is 3.77. The fourth-order valence-corrected chi connectivity index (χ4v) is 4.52. The van der Waals surface area contributed by atoms with Crippen molar-refractivity contribution in [3.8, 4) is 0 Å². The van der Waals surface area contributed by atoms with Crippen molar-refractivity contribution in [1.82, 2.24) is 9.55 Å². The summed E-state index contributed by atoms with van der Waals surface area (Å²) in [5.41, 5.74) is 12.0. The number of benzene rings is 2. The van der Waals surface area contributed by atoms with Crippen LogP contribution in [-0.4, -0.2) is 21.4 Å². The molecule has 5 rings (SSSR count). The first kappa shape index (κ1) is 18.1. The van der Waals surface area contributed by atoms with Gasteiger partial charge in [0, 0.05) is 11.5 Å². The molecule has 8 heteroatoms. The maximum atomic E-state index is 13.4. The van der Waals surface area contributed by atoms with E-state index in [9.17, 15) is 9.59 Å². The molecule has 1 saturated heterocycles. The highest BCUT2D eigenvalue weighted by atomic mass is 16.2. The first-order valence-electron chi connectivity index (χ1n) is 9.80. The zero-order chi connectivity index (χ0) is 20.7. The average Bonchev–Trinajstić information content (AvgIpc) is 3.24. The monoisotopic (exact) mass is 398 g/mol. The molecular formula is C22H18N6O2. The van der Waals surface area contributed by atoms with Crippen molar-refractivity contribution in [1.29, 1.82) is 0 Å². The molecule has 8 nitrogen and oxygen atoms in total. The normalized spacial score (nSPS) is 19.9. The minimum atomic E-state index is -0.625. The van der Waals surface area contributed by atoms with Gasteiger partial charge in [0.2, 0.25) is 11.8 Å². The predicted octanol–water partition coefficient (Wildman–Crippen LogP) is 4.09. The first-order valence-corrected chi connectivity index (χ1v) is 9.80. The summed E-state index contributed by atoms with van der Waals surface area (Å²) >= 11 is 0. The zero-order valence-corrected chi connectivity index (χ0v) is 16.0. The molecule has 0 radical (unpaired) electrons. The van der Waals surface area contributed by atoms with Gasteiger partial charge in [0.15, 0.2) is 5.95 Å². The minimum Gasteiger partial charge on any atom is -0.321 e. The van der Waals surface area contributed by atoms with Gasteiger partial charge in [-0.15, -0.1) is 0 Å². The van der Waals surface area contributed by atoms with E-state index in [-0.39, 0.29) is 17.8 Å². The lowest BCUT2D eigenvalue weighted by Crippen LogP contribution is -2.30. The highest BCUT2D eigenvalue weighted by Gasteiger charge is 2.53. The molecule has 1 aromatic heterocycles. The predicted molar refractivity (Wildman–Crippen MR) is 110 cm³/mol. The topological polar surface area (TPSA) is 104 Å². The molecule has 2 aliphatic rings. The highest BCUT2D eigenvalue weighted by molar-refractivity contribution is 6.24. The lowest BCUT2D eigenvalue weighted by molar-refractivity contribution is -0.122. The van der Waals surface area contributed by atoms with Crippen molar-refractivity contribution in [2.24, 2.45) is 11.0 Å². The number of rotatable bonds is 4. The van der Waals surface area contributed by atoms with Crippen molar-refractivity contribution in [2.75, 3.05) is 4.90 Å². The lowest BCUT2D eigenvalue weighted by atomic mass is 9.81. The van der Waals surface area contributed by atoms with Crippen LogP contribution in [0.4, 0.5) is 11.6 Å². The number of fused-ring (bicyclic) bond motifs is 3. The van der Waals surface area contributed by atoms with Crippen LogP contribution in [0.2, 0.25) is 0 Å². The van der Waals surface area contributed by atoms with Gasteiger partial charge in [-0.1, -0.05) is 48.5 Å². The Bertz CT molecular complexity index is 1180. The van der Waals surface area contributed by atoms with Crippen LogP contribution in [0.3, 0.4) is 0 Å². The summed E-state index contributed by atoms with van der Waals surface area (Å²) in [6.07, 6.45) is 1.11.